The van der Waals surface area contributed by atoms with Crippen LogP contribution < -0.4 is 11.1 Å². The van der Waals surface area contributed by atoms with E-state index in [-0.39, 0.29) is 5.91 Å². The zero-order valence-electron chi connectivity index (χ0n) is 7.71. The highest BCUT2D eigenvalue weighted by atomic mass is 16.2. The second-order valence-corrected chi connectivity index (χ2v) is 3.55. The van der Waals surface area contributed by atoms with Crippen LogP contribution in [0.25, 0.3) is 0 Å². The predicted octanol–water partition coefficient (Wildman–Crippen LogP) is -0.846. The Balaban J connectivity index is 2.28. The van der Waals surface area contributed by atoms with Gasteiger partial charge in [-0.3, -0.25) is 4.79 Å². The summed E-state index contributed by atoms with van der Waals surface area (Å²) in [5, 5.41) is 2.90. The smallest absolute Gasteiger partial charge is 0.236 e. The maximum atomic E-state index is 11.2. The van der Waals surface area contributed by atoms with E-state index in [0.717, 1.165) is 19.5 Å². The van der Waals surface area contributed by atoms with Crippen molar-refractivity contribution < 1.29 is 4.79 Å². The third kappa shape index (κ3) is 2.46. The van der Waals surface area contributed by atoms with E-state index in [4.69, 9.17) is 5.73 Å². The van der Waals surface area contributed by atoms with Crippen LogP contribution in [0.4, 0.5) is 0 Å². The minimum absolute atomic E-state index is 0.0460. The summed E-state index contributed by atoms with van der Waals surface area (Å²) in [5.41, 5.74) is 5.42. The van der Waals surface area contributed by atoms with Crippen LogP contribution in [0.1, 0.15) is 13.3 Å². The van der Waals surface area contributed by atoms with Crippen LogP contribution in [0.15, 0.2) is 0 Å². The molecule has 0 aromatic carbocycles. The van der Waals surface area contributed by atoms with Gasteiger partial charge in [0, 0.05) is 12.6 Å². The summed E-state index contributed by atoms with van der Waals surface area (Å²) in [6.45, 7) is 3.70. The van der Waals surface area contributed by atoms with E-state index in [1.807, 2.05) is 0 Å². The zero-order valence-corrected chi connectivity index (χ0v) is 7.71. The number of nitrogens with zero attached hydrogens (tertiary/aromatic N) is 1. The Labute approximate surface area is 73.1 Å². The van der Waals surface area contributed by atoms with Crippen LogP contribution in [0.3, 0.4) is 0 Å². The number of likely N-dealkylation sites (tertiary alicyclic amines) is 1. The number of rotatable bonds is 2. The molecule has 2 atom stereocenters. The van der Waals surface area contributed by atoms with Crippen molar-refractivity contribution in [2.24, 2.45) is 5.73 Å². The molecule has 1 rings (SSSR count). The van der Waals surface area contributed by atoms with Crippen molar-refractivity contribution in [2.75, 3.05) is 20.1 Å². The Morgan fingerprint density at radius 3 is 2.83 bits per heavy atom. The lowest BCUT2D eigenvalue weighted by atomic mass is 10.2. The van der Waals surface area contributed by atoms with Gasteiger partial charge in [0.05, 0.1) is 6.04 Å². The molecule has 70 valence electrons. The molecule has 12 heavy (non-hydrogen) atoms. The molecule has 3 N–H and O–H groups in total. The quantitative estimate of drug-likeness (QED) is 0.569. The number of amides is 1. The highest BCUT2D eigenvalue weighted by Gasteiger charge is 2.21. The summed E-state index contributed by atoms with van der Waals surface area (Å²) in [5.74, 6) is -0.0460. The van der Waals surface area contributed by atoms with Gasteiger partial charge in [0.25, 0.3) is 0 Å². The van der Waals surface area contributed by atoms with Crippen LogP contribution in [0, 0.1) is 0 Å². The van der Waals surface area contributed by atoms with Crippen LogP contribution in [0.5, 0.6) is 0 Å². The molecule has 1 aliphatic rings. The zero-order chi connectivity index (χ0) is 9.14. The second-order valence-electron chi connectivity index (χ2n) is 3.55. The molecule has 1 saturated heterocycles. The molecule has 0 saturated carbocycles. The molecule has 0 spiro atoms. The first kappa shape index (κ1) is 9.48. The Morgan fingerprint density at radius 1 is 1.75 bits per heavy atom. The van der Waals surface area contributed by atoms with Crippen LogP contribution >= 0.6 is 0 Å². The molecule has 1 amide bonds. The standard InChI is InChI=1S/C8H17N3O/c1-6(9)8(12)10-7-3-4-11(2)5-7/h6-7H,3-5,9H2,1-2H3,(H,10,12). The molecule has 1 fully saturated rings. The third-order valence-electron chi connectivity index (χ3n) is 2.15. The number of carbonyl (C=O) groups is 1. The first-order valence-corrected chi connectivity index (χ1v) is 4.34. The van der Waals surface area contributed by atoms with Gasteiger partial charge in [-0.15, -0.1) is 0 Å². The van der Waals surface area contributed by atoms with Crippen molar-refractivity contribution in [2.45, 2.75) is 25.4 Å². The van der Waals surface area contributed by atoms with Gasteiger partial charge in [0.2, 0.25) is 5.91 Å². The van der Waals surface area contributed by atoms with Crippen molar-refractivity contribution in [3.8, 4) is 0 Å². The van der Waals surface area contributed by atoms with Gasteiger partial charge >= 0.3 is 0 Å². The lowest BCUT2D eigenvalue weighted by Crippen LogP contribution is -2.44. The number of likely N-dealkylation sites (N-methyl/N-ethyl adjacent to an activating group) is 1. The predicted molar refractivity (Wildman–Crippen MR) is 47.7 cm³/mol. The van der Waals surface area contributed by atoms with Gasteiger partial charge in [-0.1, -0.05) is 0 Å². The Bertz CT molecular complexity index is 170. The number of nitrogens with one attached hydrogen (secondary N) is 1. The fourth-order valence-electron chi connectivity index (χ4n) is 1.39. The summed E-state index contributed by atoms with van der Waals surface area (Å²) < 4.78 is 0. The van der Waals surface area contributed by atoms with Gasteiger partial charge in [-0.25, -0.2) is 0 Å². The maximum Gasteiger partial charge on any atom is 0.236 e. The summed E-state index contributed by atoms with van der Waals surface area (Å²) in [7, 11) is 2.05. The van der Waals surface area contributed by atoms with Gasteiger partial charge in [0.15, 0.2) is 0 Å². The van der Waals surface area contributed by atoms with Gasteiger partial charge in [-0.2, -0.15) is 0 Å². The average molecular weight is 171 g/mol. The Hall–Kier alpha value is -0.610. The molecule has 0 aromatic heterocycles. The summed E-state index contributed by atoms with van der Waals surface area (Å²) in [6, 6.07) is -0.0931. The van der Waals surface area contributed by atoms with Crippen LogP contribution in [-0.2, 0) is 4.79 Å². The van der Waals surface area contributed by atoms with Crippen molar-refractivity contribution in [3.63, 3.8) is 0 Å². The van der Waals surface area contributed by atoms with E-state index < -0.39 is 6.04 Å². The number of nitrogens with two attached hydrogens (primary N) is 1. The molecule has 0 aliphatic carbocycles. The minimum atomic E-state index is -0.393. The fourth-order valence-corrected chi connectivity index (χ4v) is 1.39. The Morgan fingerprint density at radius 2 is 2.42 bits per heavy atom. The Kier molecular flexibility index (Phi) is 3.05. The number of hydrogen-bond acceptors (Lipinski definition) is 3. The molecule has 4 nitrogen and oxygen atoms in total. The number of carbonyl (C=O) groups excluding carboxylic acids is 1. The first-order valence-electron chi connectivity index (χ1n) is 4.34. The monoisotopic (exact) mass is 171 g/mol. The number of hydrogen-bond donors (Lipinski definition) is 2. The average Bonchev–Trinajstić information content (AvgIpc) is 2.35. The highest BCUT2D eigenvalue weighted by molar-refractivity contribution is 5.81. The topological polar surface area (TPSA) is 58.4 Å². The molecule has 2 unspecified atom stereocenters. The molecule has 1 heterocycles. The molecule has 4 heteroatoms. The molecule has 0 radical (unpaired) electrons. The van der Waals surface area contributed by atoms with E-state index in [0.29, 0.717) is 6.04 Å². The molecule has 0 bridgehead atoms. The molecular weight excluding hydrogens is 154 g/mol. The lowest BCUT2D eigenvalue weighted by molar-refractivity contribution is -0.122. The summed E-state index contributed by atoms with van der Waals surface area (Å²) in [6.07, 6.45) is 1.04. The van der Waals surface area contributed by atoms with E-state index >= 15 is 0 Å². The summed E-state index contributed by atoms with van der Waals surface area (Å²) in [4.78, 5) is 13.4. The van der Waals surface area contributed by atoms with E-state index in [2.05, 4.69) is 17.3 Å². The van der Waals surface area contributed by atoms with E-state index in [1.165, 1.54) is 0 Å². The second kappa shape index (κ2) is 3.87. The molecule has 0 aromatic rings. The fraction of sp³-hybridized carbons (Fsp3) is 0.875. The van der Waals surface area contributed by atoms with E-state index in [9.17, 15) is 4.79 Å². The van der Waals surface area contributed by atoms with E-state index in [1.54, 1.807) is 6.92 Å². The van der Waals surface area contributed by atoms with Crippen molar-refractivity contribution >= 4 is 5.91 Å². The normalized spacial score (nSPS) is 27.1. The lowest BCUT2D eigenvalue weighted by Gasteiger charge is -2.14. The van der Waals surface area contributed by atoms with Crippen LogP contribution in [-0.4, -0.2) is 43.0 Å². The van der Waals surface area contributed by atoms with Gasteiger partial charge in [-0.05, 0) is 26.9 Å². The molecular formula is C8H17N3O. The minimum Gasteiger partial charge on any atom is -0.351 e. The third-order valence-corrected chi connectivity index (χ3v) is 2.15. The van der Waals surface area contributed by atoms with Gasteiger partial charge in [0.1, 0.15) is 0 Å². The van der Waals surface area contributed by atoms with Crippen molar-refractivity contribution in [1.82, 2.24) is 10.2 Å². The largest absolute Gasteiger partial charge is 0.351 e. The van der Waals surface area contributed by atoms with Crippen molar-refractivity contribution in [1.29, 1.82) is 0 Å². The maximum absolute atomic E-state index is 11.2. The SMILES string of the molecule is CC(N)C(=O)NC1CCN(C)C1. The van der Waals surface area contributed by atoms with Crippen LogP contribution in [0.2, 0.25) is 0 Å². The summed E-state index contributed by atoms with van der Waals surface area (Å²) >= 11 is 0. The molecule has 1 aliphatic heterocycles. The van der Waals surface area contributed by atoms with Crippen molar-refractivity contribution in [3.05, 3.63) is 0 Å². The van der Waals surface area contributed by atoms with Gasteiger partial charge < -0.3 is 16.0 Å². The first-order chi connectivity index (χ1) is 5.59. The highest BCUT2D eigenvalue weighted by Crippen LogP contribution is 2.05.